The van der Waals surface area contributed by atoms with Gasteiger partial charge in [0.05, 0.1) is 26.3 Å². The van der Waals surface area contributed by atoms with Crippen molar-refractivity contribution in [1.29, 1.82) is 0 Å². The highest BCUT2D eigenvalue weighted by Gasteiger charge is 2.23. The molecule has 0 aliphatic heterocycles. The van der Waals surface area contributed by atoms with Gasteiger partial charge in [0.2, 0.25) is 0 Å². The zero-order valence-corrected chi connectivity index (χ0v) is 18.5. The van der Waals surface area contributed by atoms with Gasteiger partial charge in [-0.15, -0.1) is 0 Å². The Balaban J connectivity index is 1.72. The van der Waals surface area contributed by atoms with E-state index < -0.39 is 5.97 Å². The molecule has 170 valence electrons. The van der Waals surface area contributed by atoms with Gasteiger partial charge in [-0.2, -0.15) is 0 Å². The van der Waals surface area contributed by atoms with Crippen molar-refractivity contribution in [3.8, 4) is 11.5 Å². The van der Waals surface area contributed by atoms with E-state index >= 15 is 0 Å². The van der Waals surface area contributed by atoms with Crippen LogP contribution in [-0.2, 0) is 19.6 Å². The lowest BCUT2D eigenvalue weighted by molar-refractivity contribution is 0.0684. The number of rotatable bonds is 9. The van der Waals surface area contributed by atoms with Crippen LogP contribution in [0, 0.1) is 5.82 Å². The van der Waals surface area contributed by atoms with Crippen LogP contribution in [0.25, 0.3) is 10.9 Å². The summed E-state index contributed by atoms with van der Waals surface area (Å²) in [6.07, 6.45) is 0. The highest BCUT2D eigenvalue weighted by Crippen LogP contribution is 2.31. The van der Waals surface area contributed by atoms with Crippen LogP contribution in [0.2, 0.25) is 0 Å². The van der Waals surface area contributed by atoms with Gasteiger partial charge in [0.25, 0.3) is 0 Å². The van der Waals surface area contributed by atoms with Gasteiger partial charge in [0, 0.05) is 35.7 Å². The average molecular weight is 448 g/mol. The third kappa shape index (κ3) is 4.68. The Morgan fingerprint density at radius 3 is 2.33 bits per heavy atom. The summed E-state index contributed by atoms with van der Waals surface area (Å²) < 4.78 is 26.6. The number of carbonyl (C=O) groups is 1. The number of carboxylic acids is 1. The first-order valence-corrected chi connectivity index (χ1v) is 10.5. The largest absolute Gasteiger partial charge is 0.497 e. The van der Waals surface area contributed by atoms with Gasteiger partial charge in [-0.1, -0.05) is 30.3 Å². The lowest BCUT2D eigenvalue weighted by atomic mass is 10.1. The molecule has 0 bridgehead atoms. The molecule has 7 heteroatoms. The van der Waals surface area contributed by atoms with Crippen molar-refractivity contribution in [3.63, 3.8) is 0 Å². The molecule has 0 unspecified atom stereocenters. The average Bonchev–Trinajstić information content (AvgIpc) is 3.13. The van der Waals surface area contributed by atoms with Crippen molar-refractivity contribution in [2.24, 2.45) is 0 Å². The van der Waals surface area contributed by atoms with Crippen molar-refractivity contribution >= 4 is 16.9 Å². The van der Waals surface area contributed by atoms with Gasteiger partial charge in [-0.25, -0.2) is 9.18 Å². The second-order valence-corrected chi connectivity index (χ2v) is 7.64. The first-order valence-electron chi connectivity index (χ1n) is 10.5. The fourth-order valence-corrected chi connectivity index (χ4v) is 3.99. The molecular formula is C26H25FN2O4. The summed E-state index contributed by atoms with van der Waals surface area (Å²) in [5.41, 5.74) is 2.91. The number of halogens is 1. The number of aromatic carboxylic acids is 1. The van der Waals surface area contributed by atoms with E-state index in [0.717, 1.165) is 16.7 Å². The minimum Gasteiger partial charge on any atom is -0.497 e. The lowest BCUT2D eigenvalue weighted by Gasteiger charge is -2.11. The fraction of sp³-hybridized carbons (Fsp3) is 0.192. The Kier molecular flexibility index (Phi) is 6.60. The van der Waals surface area contributed by atoms with Gasteiger partial charge in [-0.3, -0.25) is 0 Å². The first kappa shape index (κ1) is 22.4. The highest BCUT2D eigenvalue weighted by molar-refractivity contribution is 5.98. The van der Waals surface area contributed by atoms with Crippen molar-refractivity contribution in [2.75, 3.05) is 14.2 Å². The number of methoxy groups -OCH3 is 2. The van der Waals surface area contributed by atoms with Crippen molar-refractivity contribution < 1.29 is 23.8 Å². The molecule has 0 amide bonds. The van der Waals surface area contributed by atoms with Gasteiger partial charge in [0.1, 0.15) is 23.0 Å². The van der Waals surface area contributed by atoms with E-state index in [4.69, 9.17) is 9.47 Å². The molecule has 0 fully saturated rings. The van der Waals surface area contributed by atoms with Crippen LogP contribution in [0.4, 0.5) is 4.39 Å². The Bertz CT molecular complexity index is 1280. The molecule has 0 aliphatic rings. The van der Waals surface area contributed by atoms with Gasteiger partial charge >= 0.3 is 5.97 Å². The van der Waals surface area contributed by atoms with E-state index in [2.05, 4.69) is 5.32 Å². The number of nitrogens with zero attached hydrogens (tertiary/aromatic N) is 1. The van der Waals surface area contributed by atoms with Crippen molar-refractivity contribution in [1.82, 2.24) is 9.88 Å². The summed E-state index contributed by atoms with van der Waals surface area (Å²) in [6.45, 7) is 0.983. The van der Waals surface area contributed by atoms with Crippen LogP contribution in [0.1, 0.15) is 27.2 Å². The Morgan fingerprint density at radius 2 is 1.67 bits per heavy atom. The molecule has 0 spiro atoms. The van der Waals surface area contributed by atoms with Crippen molar-refractivity contribution in [3.05, 3.63) is 94.9 Å². The van der Waals surface area contributed by atoms with Gasteiger partial charge in [0.15, 0.2) is 0 Å². The summed E-state index contributed by atoms with van der Waals surface area (Å²) >= 11 is 0. The Labute approximate surface area is 191 Å². The highest BCUT2D eigenvalue weighted by atomic mass is 19.1. The molecular weight excluding hydrogens is 423 g/mol. The van der Waals surface area contributed by atoms with Crippen LogP contribution in [0.3, 0.4) is 0 Å². The minimum atomic E-state index is -1.07. The topological polar surface area (TPSA) is 72.7 Å². The van der Waals surface area contributed by atoms with Crippen molar-refractivity contribution in [2.45, 2.75) is 19.6 Å². The van der Waals surface area contributed by atoms with Crippen LogP contribution in [0.15, 0.2) is 66.7 Å². The van der Waals surface area contributed by atoms with Crippen LogP contribution in [0.5, 0.6) is 11.5 Å². The van der Waals surface area contributed by atoms with E-state index in [0.29, 0.717) is 35.5 Å². The van der Waals surface area contributed by atoms with Gasteiger partial charge in [-0.05, 0) is 35.9 Å². The second kappa shape index (κ2) is 9.75. The molecule has 0 atom stereocenters. The number of benzene rings is 3. The molecule has 4 rings (SSSR count). The zero-order valence-electron chi connectivity index (χ0n) is 18.5. The van der Waals surface area contributed by atoms with E-state index in [1.54, 1.807) is 49.1 Å². The number of ether oxygens (including phenoxy) is 2. The minimum absolute atomic E-state index is 0.0937. The van der Waals surface area contributed by atoms with Gasteiger partial charge < -0.3 is 24.5 Å². The molecule has 4 aromatic rings. The number of hydrogen-bond donors (Lipinski definition) is 2. The summed E-state index contributed by atoms with van der Waals surface area (Å²) in [5, 5.41) is 14.2. The SMILES string of the molecule is COc1ccc(CNCc2c(C(=O)O)n(Cc3ccccc3F)c3cc(OC)ccc23)cc1. The van der Waals surface area contributed by atoms with E-state index in [-0.39, 0.29) is 18.1 Å². The first-order chi connectivity index (χ1) is 16.0. The maximum atomic E-state index is 14.4. The van der Waals surface area contributed by atoms with Crippen LogP contribution >= 0.6 is 0 Å². The van der Waals surface area contributed by atoms with Crippen LogP contribution in [-0.4, -0.2) is 29.9 Å². The maximum absolute atomic E-state index is 14.4. The second-order valence-electron chi connectivity index (χ2n) is 7.64. The molecule has 6 nitrogen and oxygen atoms in total. The Hall–Kier alpha value is -3.84. The molecule has 1 heterocycles. The molecule has 0 saturated heterocycles. The smallest absolute Gasteiger partial charge is 0.352 e. The van der Waals surface area contributed by atoms with E-state index in [1.165, 1.54) is 6.07 Å². The number of carboxylic acid groups (broad SMARTS) is 1. The standard InChI is InChI=1S/C26H25FN2O4/c1-32-19-9-7-17(8-10-19)14-28-15-22-21-12-11-20(33-2)13-24(21)29(25(22)26(30)31)16-18-5-3-4-6-23(18)27/h3-13,28H,14-16H2,1-2H3,(H,30,31). The number of fused-ring (bicyclic) bond motifs is 1. The molecule has 1 aromatic heterocycles. The van der Waals surface area contributed by atoms with E-state index in [9.17, 15) is 14.3 Å². The normalized spacial score (nSPS) is 11.0. The van der Waals surface area contributed by atoms with E-state index in [1.807, 2.05) is 30.3 Å². The summed E-state index contributed by atoms with van der Waals surface area (Å²) in [5.74, 6) is -0.0675. The number of hydrogen-bond acceptors (Lipinski definition) is 4. The maximum Gasteiger partial charge on any atom is 0.352 e. The summed E-state index contributed by atoms with van der Waals surface area (Å²) in [4.78, 5) is 12.4. The zero-order chi connectivity index (χ0) is 23.4. The molecule has 3 aromatic carbocycles. The molecule has 33 heavy (non-hydrogen) atoms. The lowest BCUT2D eigenvalue weighted by Crippen LogP contribution is -2.17. The predicted molar refractivity (Wildman–Crippen MR) is 124 cm³/mol. The monoisotopic (exact) mass is 448 g/mol. The Morgan fingerprint density at radius 1 is 0.970 bits per heavy atom. The summed E-state index contributed by atoms with van der Waals surface area (Å²) in [7, 11) is 3.17. The number of nitrogens with one attached hydrogen (secondary N) is 1. The fourth-order valence-electron chi connectivity index (χ4n) is 3.99. The quantitative estimate of drug-likeness (QED) is 0.384. The molecule has 0 radical (unpaired) electrons. The van der Waals surface area contributed by atoms with Crippen LogP contribution < -0.4 is 14.8 Å². The molecule has 0 saturated carbocycles. The summed E-state index contributed by atoms with van der Waals surface area (Å²) in [6, 6.07) is 19.5. The number of aromatic nitrogens is 1. The third-order valence-corrected chi connectivity index (χ3v) is 5.66. The predicted octanol–water partition coefficient (Wildman–Crippen LogP) is 4.83. The molecule has 0 aliphatic carbocycles. The molecule has 2 N–H and O–H groups in total. The third-order valence-electron chi connectivity index (χ3n) is 5.66.